The standard InChI is InChI=1S/C24H34O6/c1-13-10-22(3)15(9-18(13)26)5-6-16-17-7-8-24(29,20(28)12-30-14(2)25)23(17,4)11-19(27)21(16)22/h9,13,16-17,19,21,27,29H,5-8,10-12H2,1-4H3/t13-,16?,17?,19?,21?,22?,23?,24+/m1/s1. The van der Waals surface area contributed by atoms with E-state index in [1.165, 1.54) is 6.92 Å². The molecule has 0 spiro atoms. The molecule has 30 heavy (non-hydrogen) atoms. The van der Waals surface area contributed by atoms with E-state index in [0.717, 1.165) is 31.3 Å². The average Bonchev–Trinajstić information content (AvgIpc) is 2.92. The van der Waals surface area contributed by atoms with Crippen molar-refractivity contribution in [2.24, 2.45) is 34.5 Å². The molecule has 0 aromatic rings. The molecular formula is C24H34O6. The molecule has 0 aromatic heterocycles. The minimum Gasteiger partial charge on any atom is -0.458 e. The summed E-state index contributed by atoms with van der Waals surface area (Å²) in [4.78, 5) is 36.4. The van der Waals surface area contributed by atoms with Gasteiger partial charge in [-0.1, -0.05) is 26.3 Å². The smallest absolute Gasteiger partial charge is 0.303 e. The fourth-order valence-corrected chi connectivity index (χ4v) is 7.78. The Morgan fingerprint density at radius 1 is 1.23 bits per heavy atom. The molecule has 6 nitrogen and oxygen atoms in total. The van der Waals surface area contributed by atoms with E-state index in [4.69, 9.17) is 4.74 Å². The van der Waals surface area contributed by atoms with Crippen LogP contribution in [0.5, 0.6) is 0 Å². The lowest BCUT2D eigenvalue weighted by atomic mass is 9.45. The lowest BCUT2D eigenvalue weighted by Crippen LogP contribution is -2.62. The number of esters is 1. The first-order valence-corrected chi connectivity index (χ1v) is 11.3. The maximum absolute atomic E-state index is 12.9. The van der Waals surface area contributed by atoms with Gasteiger partial charge in [-0.2, -0.15) is 0 Å². The molecule has 166 valence electrons. The first-order chi connectivity index (χ1) is 13.9. The van der Waals surface area contributed by atoms with Gasteiger partial charge in [-0.25, -0.2) is 0 Å². The Morgan fingerprint density at radius 2 is 1.93 bits per heavy atom. The van der Waals surface area contributed by atoms with Crippen molar-refractivity contribution >= 4 is 17.5 Å². The van der Waals surface area contributed by atoms with E-state index in [-0.39, 0.29) is 34.9 Å². The SMILES string of the molecule is CC(=O)OCC(=O)[C@@]1(O)CCC2C3CCC4=CC(=O)[C@H](C)CC4(C)C3C(O)CC21C. The zero-order valence-electron chi connectivity index (χ0n) is 18.4. The number of carbonyl (C=O) groups is 3. The first kappa shape index (κ1) is 21.7. The molecule has 2 N–H and O–H groups in total. The highest BCUT2D eigenvalue weighted by atomic mass is 16.5. The van der Waals surface area contributed by atoms with Crippen molar-refractivity contribution in [3.63, 3.8) is 0 Å². The van der Waals surface area contributed by atoms with Gasteiger partial charge in [0.1, 0.15) is 5.60 Å². The molecule has 0 aromatic carbocycles. The molecule has 0 aliphatic heterocycles. The van der Waals surface area contributed by atoms with Crippen molar-refractivity contribution in [1.29, 1.82) is 0 Å². The summed E-state index contributed by atoms with van der Waals surface area (Å²) in [6.07, 6.45) is 4.99. The van der Waals surface area contributed by atoms with Gasteiger partial charge in [0.05, 0.1) is 6.10 Å². The zero-order valence-corrected chi connectivity index (χ0v) is 18.4. The van der Waals surface area contributed by atoms with Crippen LogP contribution >= 0.6 is 0 Å². The van der Waals surface area contributed by atoms with Crippen molar-refractivity contribution in [1.82, 2.24) is 0 Å². The molecule has 0 saturated heterocycles. The third-order valence-corrected chi connectivity index (χ3v) is 9.22. The lowest BCUT2D eigenvalue weighted by molar-refractivity contribution is -0.185. The number of Topliss-reactive ketones (excluding diaryl/α,β-unsaturated/α-hetero) is 1. The third-order valence-electron chi connectivity index (χ3n) is 9.22. The van der Waals surface area contributed by atoms with Gasteiger partial charge in [-0.05, 0) is 67.8 Å². The van der Waals surface area contributed by atoms with Gasteiger partial charge in [-0.15, -0.1) is 0 Å². The lowest BCUT2D eigenvalue weighted by Gasteiger charge is -2.60. The van der Waals surface area contributed by atoms with Crippen molar-refractivity contribution in [3.05, 3.63) is 11.6 Å². The molecule has 4 aliphatic rings. The number of hydrogen-bond donors (Lipinski definition) is 2. The Morgan fingerprint density at radius 3 is 2.60 bits per heavy atom. The van der Waals surface area contributed by atoms with E-state index < -0.39 is 35.5 Å². The average molecular weight is 419 g/mol. The third kappa shape index (κ3) is 2.86. The molecule has 0 bridgehead atoms. The maximum Gasteiger partial charge on any atom is 0.303 e. The molecule has 6 unspecified atom stereocenters. The number of ketones is 2. The van der Waals surface area contributed by atoms with Crippen LogP contribution in [-0.2, 0) is 19.1 Å². The number of carbonyl (C=O) groups excluding carboxylic acids is 3. The maximum atomic E-state index is 12.9. The highest BCUT2D eigenvalue weighted by molar-refractivity contribution is 5.93. The van der Waals surface area contributed by atoms with Gasteiger partial charge in [0, 0.05) is 18.3 Å². The van der Waals surface area contributed by atoms with Gasteiger partial charge in [0.2, 0.25) is 5.78 Å². The second-order valence-corrected chi connectivity index (χ2v) is 10.7. The summed E-state index contributed by atoms with van der Waals surface area (Å²) in [6, 6.07) is 0. The fourth-order valence-electron chi connectivity index (χ4n) is 7.78. The van der Waals surface area contributed by atoms with Gasteiger partial charge < -0.3 is 14.9 Å². The number of aliphatic hydroxyl groups excluding tert-OH is 1. The van der Waals surface area contributed by atoms with E-state index in [1.54, 1.807) is 0 Å². The number of aliphatic hydroxyl groups is 2. The number of rotatable bonds is 3. The molecule has 0 amide bonds. The molecular weight excluding hydrogens is 384 g/mol. The monoisotopic (exact) mass is 418 g/mol. The van der Waals surface area contributed by atoms with Crippen LogP contribution in [0.1, 0.15) is 66.2 Å². The van der Waals surface area contributed by atoms with Crippen LogP contribution in [0.3, 0.4) is 0 Å². The Hall–Kier alpha value is -1.53. The second-order valence-electron chi connectivity index (χ2n) is 10.7. The number of ether oxygens (including phenoxy) is 1. The fraction of sp³-hybridized carbons (Fsp3) is 0.792. The molecule has 4 aliphatic carbocycles. The van der Waals surface area contributed by atoms with Crippen molar-refractivity contribution in [2.45, 2.75) is 77.9 Å². The van der Waals surface area contributed by atoms with Crippen LogP contribution in [0.2, 0.25) is 0 Å². The van der Waals surface area contributed by atoms with Crippen LogP contribution in [0, 0.1) is 34.5 Å². The number of fused-ring (bicyclic) bond motifs is 5. The van der Waals surface area contributed by atoms with Crippen LogP contribution in [0.4, 0.5) is 0 Å². The zero-order chi connectivity index (χ0) is 22.1. The summed E-state index contributed by atoms with van der Waals surface area (Å²) < 4.78 is 4.90. The summed E-state index contributed by atoms with van der Waals surface area (Å²) in [6.45, 7) is 6.90. The minimum absolute atomic E-state index is 0.0250. The Labute approximate surface area is 178 Å². The van der Waals surface area contributed by atoms with Gasteiger partial charge in [0.25, 0.3) is 0 Å². The summed E-state index contributed by atoms with van der Waals surface area (Å²) in [5.74, 6) is -0.549. The largest absolute Gasteiger partial charge is 0.458 e. The summed E-state index contributed by atoms with van der Waals surface area (Å²) >= 11 is 0. The van der Waals surface area contributed by atoms with Crippen molar-refractivity contribution in [2.75, 3.05) is 6.61 Å². The molecule has 0 heterocycles. The van der Waals surface area contributed by atoms with E-state index >= 15 is 0 Å². The van der Waals surface area contributed by atoms with E-state index in [1.807, 2.05) is 19.9 Å². The first-order valence-electron chi connectivity index (χ1n) is 11.3. The normalized spacial score (nSPS) is 47.6. The van der Waals surface area contributed by atoms with Crippen LogP contribution in [-0.4, -0.2) is 46.1 Å². The molecule has 3 saturated carbocycles. The van der Waals surface area contributed by atoms with Crippen molar-refractivity contribution < 1.29 is 29.3 Å². The highest BCUT2D eigenvalue weighted by Gasteiger charge is 2.68. The van der Waals surface area contributed by atoms with E-state index in [2.05, 4.69) is 6.92 Å². The molecule has 0 radical (unpaired) electrons. The predicted molar refractivity (Wildman–Crippen MR) is 109 cm³/mol. The van der Waals surface area contributed by atoms with Crippen LogP contribution < -0.4 is 0 Å². The van der Waals surface area contributed by atoms with Crippen LogP contribution in [0.25, 0.3) is 0 Å². The Balaban J connectivity index is 1.66. The van der Waals surface area contributed by atoms with Crippen LogP contribution in [0.15, 0.2) is 11.6 Å². The quantitative estimate of drug-likeness (QED) is 0.683. The van der Waals surface area contributed by atoms with E-state index in [9.17, 15) is 24.6 Å². The number of allylic oxidation sites excluding steroid dienone is 1. The summed E-state index contributed by atoms with van der Waals surface area (Å²) in [5.41, 5.74) is -1.40. The van der Waals surface area contributed by atoms with Gasteiger partial charge in [-0.3, -0.25) is 14.4 Å². The van der Waals surface area contributed by atoms with Gasteiger partial charge in [0.15, 0.2) is 12.4 Å². The minimum atomic E-state index is -1.59. The Kier molecular flexibility index (Phi) is 5.06. The molecule has 8 atom stereocenters. The molecule has 4 rings (SSSR count). The predicted octanol–water partition coefficient (Wildman–Crippen LogP) is 2.60. The van der Waals surface area contributed by atoms with Crippen molar-refractivity contribution in [3.8, 4) is 0 Å². The topological polar surface area (TPSA) is 101 Å². The highest BCUT2D eigenvalue weighted by Crippen LogP contribution is 2.67. The summed E-state index contributed by atoms with van der Waals surface area (Å²) in [5, 5.41) is 22.9. The summed E-state index contributed by atoms with van der Waals surface area (Å²) in [7, 11) is 0. The molecule has 3 fully saturated rings. The molecule has 6 heteroatoms. The number of hydrogen-bond acceptors (Lipinski definition) is 6. The van der Waals surface area contributed by atoms with E-state index in [0.29, 0.717) is 12.8 Å². The van der Waals surface area contributed by atoms with Gasteiger partial charge >= 0.3 is 5.97 Å². The second kappa shape index (κ2) is 6.99. The Bertz CT molecular complexity index is 817.